The van der Waals surface area contributed by atoms with E-state index in [1.807, 2.05) is 13.8 Å². The molecule has 140 valence electrons. The van der Waals surface area contributed by atoms with Gasteiger partial charge in [0.2, 0.25) is 0 Å². The minimum atomic E-state index is -0.655. The molecule has 7 heteroatoms. The van der Waals surface area contributed by atoms with E-state index in [9.17, 15) is 10.2 Å². The molecular formula is C18H31N5O2. The van der Waals surface area contributed by atoms with Gasteiger partial charge in [-0.1, -0.05) is 0 Å². The van der Waals surface area contributed by atoms with Gasteiger partial charge in [-0.25, -0.2) is 9.97 Å². The van der Waals surface area contributed by atoms with E-state index in [1.54, 1.807) is 6.33 Å². The van der Waals surface area contributed by atoms with E-state index in [1.165, 1.54) is 6.42 Å². The van der Waals surface area contributed by atoms with Crippen LogP contribution >= 0.6 is 0 Å². The summed E-state index contributed by atoms with van der Waals surface area (Å²) in [5, 5.41) is 19.6. The third kappa shape index (κ3) is 4.80. The Labute approximate surface area is 150 Å². The van der Waals surface area contributed by atoms with Crippen LogP contribution in [0.1, 0.15) is 33.1 Å². The lowest BCUT2D eigenvalue weighted by Gasteiger charge is -2.38. The van der Waals surface area contributed by atoms with Crippen molar-refractivity contribution in [3.63, 3.8) is 0 Å². The van der Waals surface area contributed by atoms with Gasteiger partial charge in [0.05, 0.1) is 18.2 Å². The average molecular weight is 349 g/mol. The molecule has 0 spiro atoms. The molecule has 7 nitrogen and oxygen atoms in total. The van der Waals surface area contributed by atoms with E-state index >= 15 is 0 Å². The molecule has 0 saturated carbocycles. The number of β-amino-alcohol motifs (C(OH)–C–C–N with tert-alkyl or cyclic N) is 1. The summed E-state index contributed by atoms with van der Waals surface area (Å²) < 4.78 is 0. The highest BCUT2D eigenvalue weighted by atomic mass is 16.3. The molecule has 1 atom stereocenters. The van der Waals surface area contributed by atoms with Crippen molar-refractivity contribution < 1.29 is 10.2 Å². The number of anilines is 2. The number of piperidine rings is 1. The maximum absolute atomic E-state index is 9.98. The van der Waals surface area contributed by atoms with Crippen molar-refractivity contribution in [3.05, 3.63) is 12.4 Å². The van der Waals surface area contributed by atoms with E-state index in [0.717, 1.165) is 57.2 Å². The van der Waals surface area contributed by atoms with Crippen LogP contribution in [-0.4, -0.2) is 82.6 Å². The second-order valence-electron chi connectivity index (χ2n) is 7.84. The zero-order valence-corrected chi connectivity index (χ0v) is 15.4. The first-order valence-electron chi connectivity index (χ1n) is 9.35. The SMILES string of the molecule is CC(C)(O)CN1CCN(c2cc(N3CCCCC3CO)ncn2)CC1. The summed E-state index contributed by atoms with van der Waals surface area (Å²) in [7, 11) is 0. The van der Waals surface area contributed by atoms with Crippen molar-refractivity contribution >= 4 is 11.6 Å². The van der Waals surface area contributed by atoms with Crippen LogP contribution in [0.3, 0.4) is 0 Å². The molecule has 2 fully saturated rings. The van der Waals surface area contributed by atoms with Crippen LogP contribution in [0.2, 0.25) is 0 Å². The number of aromatic nitrogens is 2. The Hall–Kier alpha value is -1.44. The number of hydrogen-bond acceptors (Lipinski definition) is 7. The Bertz CT molecular complexity index is 555. The average Bonchev–Trinajstić information content (AvgIpc) is 2.61. The lowest BCUT2D eigenvalue weighted by molar-refractivity contribution is 0.0344. The second kappa shape index (κ2) is 7.85. The molecule has 0 amide bonds. The first-order chi connectivity index (χ1) is 12.0. The van der Waals surface area contributed by atoms with Crippen molar-refractivity contribution in [2.45, 2.75) is 44.8 Å². The molecule has 0 aliphatic carbocycles. The topological polar surface area (TPSA) is 76.0 Å². The summed E-state index contributed by atoms with van der Waals surface area (Å²) in [5.74, 6) is 1.87. The second-order valence-corrected chi connectivity index (χ2v) is 7.84. The first-order valence-corrected chi connectivity index (χ1v) is 9.35. The smallest absolute Gasteiger partial charge is 0.134 e. The summed E-state index contributed by atoms with van der Waals surface area (Å²) >= 11 is 0. The molecule has 1 unspecified atom stereocenters. The first kappa shape index (κ1) is 18.4. The number of hydrogen-bond donors (Lipinski definition) is 2. The Morgan fingerprint density at radius 3 is 2.48 bits per heavy atom. The fraction of sp³-hybridized carbons (Fsp3) is 0.778. The molecule has 3 heterocycles. The highest BCUT2D eigenvalue weighted by Crippen LogP contribution is 2.25. The Morgan fingerprint density at radius 1 is 1.08 bits per heavy atom. The fourth-order valence-electron chi connectivity index (χ4n) is 3.84. The predicted octanol–water partition coefficient (Wildman–Crippen LogP) is 0.721. The van der Waals surface area contributed by atoms with Gasteiger partial charge in [0, 0.05) is 45.3 Å². The van der Waals surface area contributed by atoms with Gasteiger partial charge < -0.3 is 20.0 Å². The molecule has 1 aromatic rings. The molecule has 25 heavy (non-hydrogen) atoms. The van der Waals surface area contributed by atoms with Crippen LogP contribution in [0.4, 0.5) is 11.6 Å². The van der Waals surface area contributed by atoms with Crippen LogP contribution in [0.15, 0.2) is 12.4 Å². The summed E-state index contributed by atoms with van der Waals surface area (Å²) in [6.45, 7) is 9.17. The van der Waals surface area contributed by atoms with Gasteiger partial charge in [-0.05, 0) is 33.1 Å². The van der Waals surface area contributed by atoms with Gasteiger partial charge in [0.15, 0.2) is 0 Å². The number of aliphatic hydroxyl groups is 2. The summed E-state index contributed by atoms with van der Waals surface area (Å²) in [6.07, 6.45) is 4.97. The predicted molar refractivity (Wildman–Crippen MR) is 99.1 cm³/mol. The molecule has 3 rings (SSSR count). The van der Waals surface area contributed by atoms with Crippen molar-refractivity contribution in [3.8, 4) is 0 Å². The Kier molecular flexibility index (Phi) is 5.76. The molecule has 0 radical (unpaired) electrons. The molecule has 0 aromatic carbocycles. The zero-order chi connectivity index (χ0) is 17.9. The summed E-state index contributed by atoms with van der Waals surface area (Å²) in [5.41, 5.74) is -0.655. The van der Waals surface area contributed by atoms with Gasteiger partial charge in [0.1, 0.15) is 18.0 Å². The molecule has 2 saturated heterocycles. The quantitative estimate of drug-likeness (QED) is 0.811. The van der Waals surface area contributed by atoms with Gasteiger partial charge >= 0.3 is 0 Å². The zero-order valence-electron chi connectivity index (χ0n) is 15.4. The third-order valence-corrected chi connectivity index (χ3v) is 5.08. The summed E-state index contributed by atoms with van der Waals surface area (Å²) in [6, 6.07) is 2.22. The van der Waals surface area contributed by atoms with Crippen LogP contribution in [-0.2, 0) is 0 Å². The largest absolute Gasteiger partial charge is 0.394 e. The normalized spacial score (nSPS) is 23.1. The van der Waals surface area contributed by atoms with E-state index in [4.69, 9.17) is 0 Å². The van der Waals surface area contributed by atoms with Crippen LogP contribution in [0.5, 0.6) is 0 Å². The number of piperazine rings is 1. The van der Waals surface area contributed by atoms with Crippen LogP contribution < -0.4 is 9.80 Å². The number of rotatable bonds is 5. The van der Waals surface area contributed by atoms with E-state index in [2.05, 4.69) is 30.7 Å². The maximum Gasteiger partial charge on any atom is 0.134 e. The van der Waals surface area contributed by atoms with Crippen LogP contribution in [0.25, 0.3) is 0 Å². The van der Waals surface area contributed by atoms with Crippen molar-refractivity contribution in [2.75, 3.05) is 55.7 Å². The van der Waals surface area contributed by atoms with Gasteiger partial charge in [-0.3, -0.25) is 4.90 Å². The van der Waals surface area contributed by atoms with Gasteiger partial charge in [0.25, 0.3) is 0 Å². The summed E-state index contributed by atoms with van der Waals surface area (Å²) in [4.78, 5) is 15.7. The van der Waals surface area contributed by atoms with Crippen molar-refractivity contribution in [1.29, 1.82) is 0 Å². The number of aliphatic hydroxyl groups excluding tert-OH is 1. The standard InChI is InChI=1S/C18H31N5O2/c1-18(2,25)13-21-7-9-22(10-8-21)16-11-17(20-14-19-16)23-6-4-3-5-15(23)12-24/h11,14-15,24-25H,3-10,12-13H2,1-2H3. The third-order valence-electron chi connectivity index (χ3n) is 5.08. The van der Waals surface area contributed by atoms with Crippen molar-refractivity contribution in [1.82, 2.24) is 14.9 Å². The maximum atomic E-state index is 9.98. The Balaban J connectivity index is 1.64. The van der Waals surface area contributed by atoms with E-state index in [0.29, 0.717) is 6.54 Å². The lowest BCUT2D eigenvalue weighted by atomic mass is 10.0. The lowest BCUT2D eigenvalue weighted by Crippen LogP contribution is -2.50. The van der Waals surface area contributed by atoms with E-state index < -0.39 is 5.60 Å². The van der Waals surface area contributed by atoms with Gasteiger partial charge in [-0.15, -0.1) is 0 Å². The monoisotopic (exact) mass is 349 g/mol. The highest BCUT2D eigenvalue weighted by Gasteiger charge is 2.26. The minimum Gasteiger partial charge on any atom is -0.394 e. The Morgan fingerprint density at radius 2 is 1.80 bits per heavy atom. The van der Waals surface area contributed by atoms with Gasteiger partial charge in [-0.2, -0.15) is 0 Å². The molecular weight excluding hydrogens is 318 g/mol. The molecule has 2 N–H and O–H groups in total. The molecule has 2 aliphatic rings. The number of nitrogens with zero attached hydrogens (tertiary/aromatic N) is 5. The van der Waals surface area contributed by atoms with E-state index in [-0.39, 0.29) is 12.6 Å². The highest BCUT2D eigenvalue weighted by molar-refractivity contribution is 5.51. The molecule has 2 aliphatic heterocycles. The van der Waals surface area contributed by atoms with Crippen molar-refractivity contribution in [2.24, 2.45) is 0 Å². The minimum absolute atomic E-state index is 0.167. The van der Waals surface area contributed by atoms with Crippen LogP contribution in [0, 0.1) is 0 Å². The molecule has 0 bridgehead atoms. The fourth-order valence-corrected chi connectivity index (χ4v) is 3.84. The molecule has 1 aromatic heterocycles.